The van der Waals surface area contributed by atoms with Crippen LogP contribution in [0.25, 0.3) is 0 Å². The fourth-order valence-corrected chi connectivity index (χ4v) is 1.80. The van der Waals surface area contributed by atoms with Crippen LogP contribution in [0.2, 0.25) is 0 Å². The molecule has 0 saturated heterocycles. The van der Waals surface area contributed by atoms with Crippen LogP contribution in [0, 0.1) is 6.92 Å². The molecule has 0 aliphatic heterocycles. The Labute approximate surface area is 93.2 Å². The molecule has 0 aliphatic carbocycles. The van der Waals surface area contributed by atoms with Gasteiger partial charge in [0.05, 0.1) is 0 Å². The fraction of sp³-hybridized carbons (Fsp3) is 0.429. The van der Waals surface area contributed by atoms with Crippen LogP contribution in [0.5, 0.6) is 0 Å². The minimum Gasteiger partial charge on any atom is -0.317 e. The molecule has 0 amide bonds. The van der Waals surface area contributed by atoms with E-state index in [1.165, 1.54) is 17.5 Å². The third-order valence-electron chi connectivity index (χ3n) is 2.88. The molecular formula is C14H21N. The quantitative estimate of drug-likeness (QED) is 0.701. The predicted molar refractivity (Wildman–Crippen MR) is 67.2 cm³/mol. The smallest absolute Gasteiger partial charge is 0.0102 e. The van der Waals surface area contributed by atoms with Gasteiger partial charge in [-0.3, -0.25) is 0 Å². The van der Waals surface area contributed by atoms with E-state index in [0.29, 0.717) is 6.04 Å². The van der Waals surface area contributed by atoms with Crippen LogP contribution in [0.1, 0.15) is 24.0 Å². The minimum atomic E-state index is 0.558. The van der Waals surface area contributed by atoms with E-state index in [0.717, 1.165) is 12.8 Å². The van der Waals surface area contributed by atoms with Crippen LogP contribution >= 0.6 is 0 Å². The highest BCUT2D eigenvalue weighted by atomic mass is 14.9. The molecule has 0 fully saturated rings. The molecule has 0 spiro atoms. The lowest BCUT2D eigenvalue weighted by molar-refractivity contribution is 0.528. The summed E-state index contributed by atoms with van der Waals surface area (Å²) in [6.07, 6.45) is 5.35. The maximum absolute atomic E-state index is 3.78. The van der Waals surface area contributed by atoms with E-state index in [1.807, 2.05) is 13.1 Å². The lowest BCUT2D eigenvalue weighted by Gasteiger charge is -2.14. The second kappa shape index (κ2) is 6.41. The van der Waals surface area contributed by atoms with Crippen molar-refractivity contribution >= 4 is 0 Å². The number of aryl methyl sites for hydroxylation is 2. The Balaban J connectivity index is 2.48. The first kappa shape index (κ1) is 12.0. The zero-order valence-corrected chi connectivity index (χ0v) is 9.79. The molecule has 0 saturated carbocycles. The topological polar surface area (TPSA) is 12.0 Å². The zero-order chi connectivity index (χ0) is 11.1. The summed E-state index contributed by atoms with van der Waals surface area (Å²) < 4.78 is 0. The highest BCUT2D eigenvalue weighted by molar-refractivity contribution is 5.25. The molecule has 82 valence electrons. The molecular weight excluding hydrogens is 182 g/mol. The molecule has 1 aromatic carbocycles. The maximum Gasteiger partial charge on any atom is 0.0102 e. The van der Waals surface area contributed by atoms with E-state index in [-0.39, 0.29) is 0 Å². The van der Waals surface area contributed by atoms with Gasteiger partial charge in [-0.15, -0.1) is 6.58 Å². The van der Waals surface area contributed by atoms with E-state index in [2.05, 4.69) is 43.1 Å². The van der Waals surface area contributed by atoms with Gasteiger partial charge in [0.25, 0.3) is 0 Å². The van der Waals surface area contributed by atoms with Gasteiger partial charge in [0.15, 0.2) is 0 Å². The van der Waals surface area contributed by atoms with Gasteiger partial charge in [-0.25, -0.2) is 0 Å². The highest BCUT2D eigenvalue weighted by Gasteiger charge is 2.04. The third kappa shape index (κ3) is 3.88. The Hall–Kier alpha value is -1.08. The highest BCUT2D eigenvalue weighted by Crippen LogP contribution is 2.11. The molecule has 1 atom stereocenters. The second-order valence-electron chi connectivity index (χ2n) is 3.98. The van der Waals surface area contributed by atoms with Crippen LogP contribution in [-0.2, 0) is 6.42 Å². The molecule has 1 unspecified atom stereocenters. The van der Waals surface area contributed by atoms with E-state index >= 15 is 0 Å². The number of rotatable bonds is 6. The van der Waals surface area contributed by atoms with Gasteiger partial charge < -0.3 is 5.32 Å². The Morgan fingerprint density at radius 2 is 2.13 bits per heavy atom. The van der Waals surface area contributed by atoms with Gasteiger partial charge >= 0.3 is 0 Å². The molecule has 0 aliphatic rings. The van der Waals surface area contributed by atoms with Crippen molar-refractivity contribution in [3.05, 3.63) is 48.0 Å². The molecule has 1 N–H and O–H groups in total. The van der Waals surface area contributed by atoms with Crippen molar-refractivity contribution in [3.8, 4) is 0 Å². The Morgan fingerprint density at radius 1 is 1.40 bits per heavy atom. The first-order valence-corrected chi connectivity index (χ1v) is 5.60. The summed E-state index contributed by atoms with van der Waals surface area (Å²) in [5.74, 6) is 0. The minimum absolute atomic E-state index is 0.558. The predicted octanol–water partition coefficient (Wildman–Crippen LogP) is 3.09. The zero-order valence-electron chi connectivity index (χ0n) is 9.79. The lowest BCUT2D eigenvalue weighted by Crippen LogP contribution is -2.25. The molecule has 0 aromatic heterocycles. The molecule has 1 aromatic rings. The van der Waals surface area contributed by atoms with Crippen molar-refractivity contribution in [1.29, 1.82) is 0 Å². The summed E-state index contributed by atoms with van der Waals surface area (Å²) in [6, 6.07) is 9.16. The first-order chi connectivity index (χ1) is 7.27. The van der Waals surface area contributed by atoms with Crippen molar-refractivity contribution in [2.45, 2.75) is 32.2 Å². The lowest BCUT2D eigenvalue weighted by atomic mass is 10.00. The molecule has 15 heavy (non-hydrogen) atoms. The molecule has 0 bridgehead atoms. The molecule has 0 radical (unpaired) electrons. The van der Waals surface area contributed by atoms with Crippen LogP contribution in [-0.4, -0.2) is 13.1 Å². The summed E-state index contributed by atoms with van der Waals surface area (Å²) >= 11 is 0. The number of benzene rings is 1. The van der Waals surface area contributed by atoms with Gasteiger partial charge in [0.2, 0.25) is 0 Å². The molecule has 1 nitrogen and oxygen atoms in total. The molecule has 0 heterocycles. The van der Waals surface area contributed by atoms with E-state index < -0.39 is 0 Å². The van der Waals surface area contributed by atoms with Crippen molar-refractivity contribution in [2.24, 2.45) is 0 Å². The van der Waals surface area contributed by atoms with Crippen molar-refractivity contribution in [1.82, 2.24) is 5.32 Å². The van der Waals surface area contributed by atoms with Crippen molar-refractivity contribution < 1.29 is 0 Å². The van der Waals surface area contributed by atoms with Crippen LogP contribution in [0.3, 0.4) is 0 Å². The van der Waals surface area contributed by atoms with Crippen LogP contribution in [0.4, 0.5) is 0 Å². The molecule has 1 rings (SSSR count). The van der Waals surface area contributed by atoms with Crippen molar-refractivity contribution in [3.63, 3.8) is 0 Å². The average molecular weight is 203 g/mol. The summed E-state index contributed by atoms with van der Waals surface area (Å²) in [7, 11) is 2.02. The number of hydrogen-bond acceptors (Lipinski definition) is 1. The van der Waals surface area contributed by atoms with E-state index in [9.17, 15) is 0 Å². The fourth-order valence-electron chi connectivity index (χ4n) is 1.80. The largest absolute Gasteiger partial charge is 0.317 e. The Morgan fingerprint density at radius 3 is 2.73 bits per heavy atom. The standard InChI is InChI=1S/C14H21N/c1-4-7-14(15-3)11-10-13-9-6-5-8-12(13)2/h4-6,8-9,14-15H,1,7,10-11H2,2-3H3. The summed E-state index contributed by atoms with van der Waals surface area (Å²) in [6.45, 7) is 5.96. The third-order valence-corrected chi connectivity index (χ3v) is 2.88. The number of hydrogen-bond donors (Lipinski definition) is 1. The van der Waals surface area contributed by atoms with E-state index in [4.69, 9.17) is 0 Å². The van der Waals surface area contributed by atoms with Crippen molar-refractivity contribution in [2.75, 3.05) is 7.05 Å². The average Bonchev–Trinajstić information content (AvgIpc) is 2.26. The normalized spacial score (nSPS) is 12.4. The second-order valence-corrected chi connectivity index (χ2v) is 3.98. The van der Waals surface area contributed by atoms with Gasteiger partial charge in [-0.1, -0.05) is 30.3 Å². The van der Waals surface area contributed by atoms with Gasteiger partial charge in [-0.05, 0) is 44.4 Å². The van der Waals surface area contributed by atoms with E-state index in [1.54, 1.807) is 0 Å². The monoisotopic (exact) mass is 203 g/mol. The Kier molecular flexibility index (Phi) is 5.13. The first-order valence-electron chi connectivity index (χ1n) is 5.60. The summed E-state index contributed by atoms with van der Waals surface area (Å²) in [4.78, 5) is 0. The van der Waals surface area contributed by atoms with Gasteiger partial charge in [0, 0.05) is 6.04 Å². The van der Waals surface area contributed by atoms with Gasteiger partial charge in [-0.2, -0.15) is 0 Å². The maximum atomic E-state index is 3.78. The van der Waals surface area contributed by atoms with Crippen LogP contribution in [0.15, 0.2) is 36.9 Å². The van der Waals surface area contributed by atoms with Crippen LogP contribution < -0.4 is 5.32 Å². The molecule has 1 heteroatoms. The summed E-state index contributed by atoms with van der Waals surface area (Å²) in [5.41, 5.74) is 2.85. The summed E-state index contributed by atoms with van der Waals surface area (Å²) in [5, 5.41) is 3.32. The van der Waals surface area contributed by atoms with Gasteiger partial charge in [0.1, 0.15) is 0 Å². The SMILES string of the molecule is C=CCC(CCc1ccccc1C)NC. The Bertz CT molecular complexity index is 304. The number of nitrogens with one attached hydrogen (secondary N) is 1.